The molecule has 1 N–H and O–H groups in total. The molecule has 1 aliphatic heterocycles. The predicted octanol–water partition coefficient (Wildman–Crippen LogP) is 4.11. The van der Waals surface area contributed by atoms with Gasteiger partial charge in [0.15, 0.2) is 6.61 Å². The van der Waals surface area contributed by atoms with E-state index in [-0.39, 0.29) is 12.3 Å². The van der Waals surface area contributed by atoms with E-state index >= 15 is 0 Å². The molecule has 1 saturated heterocycles. The van der Waals surface area contributed by atoms with E-state index in [2.05, 4.69) is 10.2 Å². The van der Waals surface area contributed by atoms with Crippen LogP contribution in [0.2, 0.25) is 0 Å². The third-order valence-corrected chi connectivity index (χ3v) is 4.86. The molecule has 0 spiro atoms. The zero-order valence-electron chi connectivity index (χ0n) is 16.5. The summed E-state index contributed by atoms with van der Waals surface area (Å²) in [5.74, 6) is 0.775. The van der Waals surface area contributed by atoms with Gasteiger partial charge in [0.05, 0.1) is 18.8 Å². The Kier molecular flexibility index (Phi) is 5.94. The Bertz CT molecular complexity index is 1070. The van der Waals surface area contributed by atoms with Crippen molar-refractivity contribution in [3.05, 3.63) is 60.2 Å². The summed E-state index contributed by atoms with van der Waals surface area (Å²) in [6.45, 7) is 2.47. The molecule has 0 unspecified atom stereocenters. The van der Waals surface area contributed by atoms with Gasteiger partial charge in [-0.25, -0.2) is 4.98 Å². The van der Waals surface area contributed by atoms with Crippen molar-refractivity contribution in [3.8, 4) is 5.75 Å². The van der Waals surface area contributed by atoms with Gasteiger partial charge in [0.25, 0.3) is 5.91 Å². The molecule has 0 bridgehead atoms. The van der Waals surface area contributed by atoms with Crippen molar-refractivity contribution in [2.75, 3.05) is 43.1 Å². The van der Waals surface area contributed by atoms with Gasteiger partial charge in [0.2, 0.25) is 0 Å². The lowest BCUT2D eigenvalue weighted by atomic mass is 10.2. The van der Waals surface area contributed by atoms with Crippen LogP contribution in [0.15, 0.2) is 54.6 Å². The van der Waals surface area contributed by atoms with Crippen LogP contribution < -0.4 is 15.0 Å². The van der Waals surface area contributed by atoms with Crippen molar-refractivity contribution < 1.29 is 27.4 Å². The number of carbonyl (C=O) groups is 1. The monoisotopic (exact) mass is 431 g/mol. The second-order valence-electron chi connectivity index (χ2n) is 7.01. The number of halogens is 3. The first-order valence-electron chi connectivity index (χ1n) is 9.72. The Morgan fingerprint density at radius 1 is 1.06 bits per heavy atom. The summed E-state index contributed by atoms with van der Waals surface area (Å²) < 4.78 is 49.0. The van der Waals surface area contributed by atoms with Gasteiger partial charge in [0.1, 0.15) is 17.1 Å². The number of ether oxygens (including phenoxy) is 2. The lowest BCUT2D eigenvalue weighted by Crippen LogP contribution is -2.36. The molecule has 2 aromatic carbocycles. The molecule has 6 nitrogen and oxygen atoms in total. The van der Waals surface area contributed by atoms with Crippen LogP contribution in [0.5, 0.6) is 5.75 Å². The molecular formula is C22H20F3N3O3. The highest BCUT2D eigenvalue weighted by Gasteiger charge is 2.30. The van der Waals surface area contributed by atoms with Crippen LogP contribution in [0.4, 0.5) is 24.7 Å². The van der Waals surface area contributed by atoms with Gasteiger partial charge >= 0.3 is 6.18 Å². The number of fused-ring (bicyclic) bond motifs is 1. The fourth-order valence-electron chi connectivity index (χ4n) is 3.28. The fourth-order valence-corrected chi connectivity index (χ4v) is 3.28. The van der Waals surface area contributed by atoms with Gasteiger partial charge in [-0.2, -0.15) is 13.2 Å². The third-order valence-electron chi connectivity index (χ3n) is 4.86. The maximum absolute atomic E-state index is 12.6. The second kappa shape index (κ2) is 8.81. The first-order valence-corrected chi connectivity index (χ1v) is 9.72. The number of benzene rings is 2. The number of nitrogens with one attached hydrogen (secondary N) is 1. The Hall–Kier alpha value is -3.33. The van der Waals surface area contributed by atoms with E-state index < -0.39 is 17.6 Å². The number of hydrogen-bond donors (Lipinski definition) is 1. The van der Waals surface area contributed by atoms with E-state index in [4.69, 9.17) is 14.5 Å². The molecule has 31 heavy (non-hydrogen) atoms. The quantitative estimate of drug-likeness (QED) is 0.659. The molecule has 0 atom stereocenters. The number of rotatable bonds is 5. The molecule has 2 heterocycles. The molecule has 3 aromatic rings. The number of aromatic nitrogens is 1. The number of amides is 1. The van der Waals surface area contributed by atoms with Crippen LogP contribution in [0.1, 0.15) is 5.56 Å². The third kappa shape index (κ3) is 5.05. The smallest absolute Gasteiger partial charge is 0.416 e. The molecule has 162 valence electrons. The fraction of sp³-hybridized carbons (Fsp3) is 0.273. The minimum atomic E-state index is -4.42. The first-order chi connectivity index (χ1) is 14.9. The van der Waals surface area contributed by atoms with Crippen molar-refractivity contribution in [3.63, 3.8) is 0 Å². The van der Waals surface area contributed by atoms with Crippen molar-refractivity contribution >= 4 is 28.3 Å². The number of nitrogens with zero attached hydrogens (tertiary/aromatic N) is 2. The van der Waals surface area contributed by atoms with Crippen LogP contribution >= 0.6 is 0 Å². The Balaban J connectivity index is 1.43. The number of para-hydroxylation sites is 1. The van der Waals surface area contributed by atoms with E-state index in [1.165, 1.54) is 12.1 Å². The number of morpholine rings is 1. The number of pyridine rings is 1. The molecule has 9 heteroatoms. The second-order valence-corrected chi connectivity index (χ2v) is 7.01. The largest absolute Gasteiger partial charge is 0.481 e. The van der Waals surface area contributed by atoms with Gasteiger partial charge in [-0.05, 0) is 42.5 Å². The maximum atomic E-state index is 12.6. The van der Waals surface area contributed by atoms with Crippen LogP contribution in [0.25, 0.3) is 10.9 Å². The van der Waals surface area contributed by atoms with Crippen molar-refractivity contribution in [2.45, 2.75) is 6.18 Å². The van der Waals surface area contributed by atoms with Crippen molar-refractivity contribution in [2.24, 2.45) is 0 Å². The van der Waals surface area contributed by atoms with E-state index in [0.29, 0.717) is 24.5 Å². The predicted molar refractivity (Wildman–Crippen MR) is 110 cm³/mol. The lowest BCUT2D eigenvalue weighted by Gasteiger charge is -2.28. The standard InChI is InChI=1S/C22H20F3N3O3/c23-22(24,25)16-5-7-17(8-6-16)26-20(29)14-31-18-3-1-2-15-4-9-19(27-21(15)18)28-10-12-30-13-11-28/h1-9H,10-14H2,(H,26,29). The summed E-state index contributed by atoms with van der Waals surface area (Å²) in [5.41, 5.74) is 0.112. The Morgan fingerprint density at radius 2 is 1.81 bits per heavy atom. The number of alkyl halides is 3. The number of anilines is 2. The van der Waals surface area contributed by atoms with Gasteiger partial charge in [0, 0.05) is 24.2 Å². The van der Waals surface area contributed by atoms with Crippen LogP contribution in [-0.2, 0) is 15.7 Å². The van der Waals surface area contributed by atoms with Crippen LogP contribution in [0.3, 0.4) is 0 Å². The van der Waals surface area contributed by atoms with Crippen LogP contribution in [-0.4, -0.2) is 43.8 Å². The highest BCUT2D eigenvalue weighted by molar-refractivity contribution is 5.92. The zero-order chi connectivity index (χ0) is 21.8. The van der Waals surface area contributed by atoms with E-state index in [0.717, 1.165) is 36.4 Å². The first kappa shape index (κ1) is 20.9. The van der Waals surface area contributed by atoms with Gasteiger partial charge < -0.3 is 19.7 Å². The van der Waals surface area contributed by atoms with Crippen LogP contribution in [0, 0.1) is 0 Å². The molecule has 0 aliphatic carbocycles. The molecule has 0 radical (unpaired) electrons. The SMILES string of the molecule is O=C(COc1cccc2ccc(N3CCOCC3)nc12)Nc1ccc(C(F)(F)F)cc1. The summed E-state index contributed by atoms with van der Waals surface area (Å²) in [5, 5.41) is 3.40. The van der Waals surface area contributed by atoms with E-state index in [9.17, 15) is 18.0 Å². The average Bonchev–Trinajstić information content (AvgIpc) is 2.77. The zero-order valence-corrected chi connectivity index (χ0v) is 16.5. The normalized spacial score (nSPS) is 14.5. The maximum Gasteiger partial charge on any atom is 0.416 e. The minimum absolute atomic E-state index is 0.257. The van der Waals surface area contributed by atoms with E-state index in [1.807, 2.05) is 24.3 Å². The molecule has 1 fully saturated rings. The van der Waals surface area contributed by atoms with Crippen molar-refractivity contribution in [1.82, 2.24) is 4.98 Å². The number of carbonyl (C=O) groups excluding carboxylic acids is 1. The summed E-state index contributed by atoms with van der Waals surface area (Å²) in [6, 6.07) is 13.6. The summed E-state index contributed by atoms with van der Waals surface area (Å²) in [7, 11) is 0. The summed E-state index contributed by atoms with van der Waals surface area (Å²) in [4.78, 5) is 19.0. The summed E-state index contributed by atoms with van der Waals surface area (Å²) in [6.07, 6.45) is -4.42. The average molecular weight is 431 g/mol. The highest BCUT2D eigenvalue weighted by atomic mass is 19.4. The topological polar surface area (TPSA) is 63.7 Å². The molecule has 1 aromatic heterocycles. The summed E-state index contributed by atoms with van der Waals surface area (Å²) >= 11 is 0. The Labute approximate surface area is 176 Å². The van der Waals surface area contributed by atoms with Gasteiger partial charge in [-0.15, -0.1) is 0 Å². The van der Waals surface area contributed by atoms with Crippen molar-refractivity contribution in [1.29, 1.82) is 0 Å². The Morgan fingerprint density at radius 3 is 2.52 bits per heavy atom. The van der Waals surface area contributed by atoms with E-state index in [1.54, 1.807) is 6.07 Å². The molecule has 4 rings (SSSR count). The number of hydrogen-bond acceptors (Lipinski definition) is 5. The minimum Gasteiger partial charge on any atom is -0.481 e. The lowest BCUT2D eigenvalue weighted by molar-refractivity contribution is -0.137. The molecule has 1 amide bonds. The molecular weight excluding hydrogens is 411 g/mol. The van der Waals surface area contributed by atoms with Gasteiger partial charge in [-0.3, -0.25) is 4.79 Å². The van der Waals surface area contributed by atoms with Gasteiger partial charge in [-0.1, -0.05) is 12.1 Å². The molecule has 0 saturated carbocycles. The highest BCUT2D eigenvalue weighted by Crippen LogP contribution is 2.30. The molecule has 1 aliphatic rings.